The van der Waals surface area contributed by atoms with Crippen LogP contribution in [0.1, 0.15) is 16.1 Å². The Morgan fingerprint density at radius 1 is 1.07 bits per heavy atom. The molecule has 4 aromatic rings. The molecule has 27 heavy (non-hydrogen) atoms. The van der Waals surface area contributed by atoms with Crippen LogP contribution in [0.15, 0.2) is 73.1 Å². The number of carbonyl (C=O) groups excluding carboxylic acids is 1. The monoisotopic (exact) mass is 376 g/mol. The van der Waals surface area contributed by atoms with E-state index in [0.29, 0.717) is 28.6 Å². The van der Waals surface area contributed by atoms with Crippen LogP contribution in [0.2, 0.25) is 5.02 Å². The van der Waals surface area contributed by atoms with Crippen molar-refractivity contribution in [1.29, 1.82) is 0 Å². The molecule has 5 nitrogen and oxygen atoms in total. The Balaban J connectivity index is 1.72. The maximum Gasteiger partial charge on any atom is 0.274 e. The summed E-state index contributed by atoms with van der Waals surface area (Å²) in [5, 5.41) is 3.41. The summed E-state index contributed by atoms with van der Waals surface area (Å²) in [6.45, 7) is 0.480. The van der Waals surface area contributed by atoms with Crippen LogP contribution < -0.4 is 11.1 Å². The van der Waals surface area contributed by atoms with E-state index >= 15 is 0 Å². The van der Waals surface area contributed by atoms with Crippen molar-refractivity contribution in [2.75, 3.05) is 5.32 Å². The predicted octanol–water partition coefficient (Wildman–Crippen LogP) is 4.37. The van der Waals surface area contributed by atoms with Gasteiger partial charge in [0.05, 0.1) is 16.9 Å². The van der Waals surface area contributed by atoms with E-state index in [1.165, 1.54) is 0 Å². The molecule has 4 rings (SSSR count). The second-order valence-electron chi connectivity index (χ2n) is 6.09. The largest absolute Gasteiger partial charge is 0.326 e. The number of fused-ring (bicyclic) bond motifs is 1. The van der Waals surface area contributed by atoms with Gasteiger partial charge < -0.3 is 11.1 Å². The standard InChI is InChI=1S/C21H17ClN4O/c22-17-5-3-4-16(15-9-7-14(12-23)8-10-15)20(17)25-21(27)18-13-24-19-6-1-2-11-26(18)19/h1-11,13H,12,23H2,(H,25,27). The first-order valence-electron chi connectivity index (χ1n) is 8.48. The summed E-state index contributed by atoms with van der Waals surface area (Å²) >= 11 is 6.40. The Bertz CT molecular complexity index is 1120. The molecule has 0 aliphatic carbocycles. The van der Waals surface area contributed by atoms with Gasteiger partial charge in [0.2, 0.25) is 0 Å². The quantitative estimate of drug-likeness (QED) is 0.555. The average Bonchev–Trinajstić information content (AvgIpc) is 3.14. The van der Waals surface area contributed by atoms with Crippen LogP contribution in [0.5, 0.6) is 0 Å². The Morgan fingerprint density at radius 3 is 2.67 bits per heavy atom. The minimum atomic E-state index is -0.276. The van der Waals surface area contributed by atoms with Gasteiger partial charge in [-0.25, -0.2) is 4.98 Å². The molecule has 134 valence electrons. The number of benzene rings is 2. The van der Waals surface area contributed by atoms with Crippen molar-refractivity contribution in [2.24, 2.45) is 5.73 Å². The summed E-state index contributed by atoms with van der Waals surface area (Å²) < 4.78 is 1.74. The van der Waals surface area contributed by atoms with E-state index in [-0.39, 0.29) is 5.91 Å². The lowest BCUT2D eigenvalue weighted by atomic mass is 10.0. The first-order chi connectivity index (χ1) is 13.2. The molecule has 1 amide bonds. The van der Waals surface area contributed by atoms with Crippen molar-refractivity contribution >= 4 is 28.8 Å². The van der Waals surface area contributed by atoms with Gasteiger partial charge in [0, 0.05) is 18.3 Å². The van der Waals surface area contributed by atoms with Crippen molar-refractivity contribution in [1.82, 2.24) is 9.38 Å². The minimum absolute atomic E-state index is 0.276. The summed E-state index contributed by atoms with van der Waals surface area (Å²) in [5.74, 6) is -0.276. The maximum absolute atomic E-state index is 12.9. The number of carbonyl (C=O) groups is 1. The lowest BCUT2D eigenvalue weighted by Gasteiger charge is -2.13. The van der Waals surface area contributed by atoms with Crippen LogP contribution in [0.25, 0.3) is 16.8 Å². The Morgan fingerprint density at radius 2 is 1.89 bits per heavy atom. The molecule has 0 aliphatic heterocycles. The summed E-state index contributed by atoms with van der Waals surface area (Å²) in [7, 11) is 0. The first-order valence-corrected chi connectivity index (χ1v) is 8.86. The molecule has 0 saturated carbocycles. The fourth-order valence-electron chi connectivity index (χ4n) is 2.99. The topological polar surface area (TPSA) is 72.4 Å². The second kappa shape index (κ2) is 7.23. The van der Waals surface area contributed by atoms with Crippen molar-refractivity contribution in [3.8, 4) is 11.1 Å². The van der Waals surface area contributed by atoms with Gasteiger partial charge >= 0.3 is 0 Å². The van der Waals surface area contributed by atoms with Crippen LogP contribution in [0.4, 0.5) is 5.69 Å². The fraction of sp³-hybridized carbons (Fsp3) is 0.0476. The van der Waals surface area contributed by atoms with Gasteiger partial charge in [-0.3, -0.25) is 9.20 Å². The highest BCUT2D eigenvalue weighted by Gasteiger charge is 2.16. The van der Waals surface area contributed by atoms with E-state index in [2.05, 4.69) is 10.3 Å². The molecule has 2 heterocycles. The van der Waals surface area contributed by atoms with Crippen LogP contribution >= 0.6 is 11.6 Å². The molecule has 0 radical (unpaired) electrons. The van der Waals surface area contributed by atoms with Gasteiger partial charge in [-0.15, -0.1) is 0 Å². The summed E-state index contributed by atoms with van der Waals surface area (Å²) in [6, 6.07) is 19.0. The number of amides is 1. The van der Waals surface area contributed by atoms with E-state index in [1.807, 2.05) is 54.6 Å². The molecular formula is C21H17ClN4O. The lowest BCUT2D eigenvalue weighted by molar-refractivity contribution is 0.102. The van der Waals surface area contributed by atoms with E-state index < -0.39 is 0 Å². The zero-order valence-electron chi connectivity index (χ0n) is 14.4. The number of nitrogens with one attached hydrogen (secondary N) is 1. The number of rotatable bonds is 4. The minimum Gasteiger partial charge on any atom is -0.326 e. The SMILES string of the molecule is NCc1ccc(-c2cccc(Cl)c2NC(=O)c2cnc3ccccn23)cc1. The zero-order chi connectivity index (χ0) is 18.8. The zero-order valence-corrected chi connectivity index (χ0v) is 15.1. The predicted molar refractivity (Wildman–Crippen MR) is 108 cm³/mol. The number of aromatic nitrogens is 2. The van der Waals surface area contributed by atoms with E-state index in [1.54, 1.807) is 22.9 Å². The normalized spacial score (nSPS) is 10.9. The fourth-order valence-corrected chi connectivity index (χ4v) is 3.21. The number of nitrogens with two attached hydrogens (primary N) is 1. The molecular weight excluding hydrogens is 360 g/mol. The van der Waals surface area contributed by atoms with E-state index in [4.69, 9.17) is 17.3 Å². The van der Waals surface area contributed by atoms with Gasteiger partial charge in [0.15, 0.2) is 0 Å². The van der Waals surface area contributed by atoms with Crippen molar-refractivity contribution in [2.45, 2.75) is 6.54 Å². The van der Waals surface area contributed by atoms with Crippen LogP contribution in [-0.2, 0) is 6.54 Å². The summed E-state index contributed by atoms with van der Waals surface area (Å²) in [6.07, 6.45) is 3.35. The summed E-state index contributed by atoms with van der Waals surface area (Å²) in [5.41, 5.74) is 10.2. The van der Waals surface area contributed by atoms with Gasteiger partial charge in [-0.2, -0.15) is 0 Å². The Kier molecular flexibility index (Phi) is 4.62. The highest BCUT2D eigenvalue weighted by molar-refractivity contribution is 6.34. The first kappa shape index (κ1) is 17.3. The Labute approximate surface area is 161 Å². The molecule has 6 heteroatoms. The van der Waals surface area contributed by atoms with E-state index in [9.17, 15) is 4.79 Å². The number of anilines is 1. The molecule has 3 N–H and O–H groups in total. The van der Waals surface area contributed by atoms with Crippen LogP contribution in [0, 0.1) is 0 Å². The van der Waals surface area contributed by atoms with Crippen LogP contribution in [0.3, 0.4) is 0 Å². The number of para-hydroxylation sites is 1. The number of nitrogens with zero attached hydrogens (tertiary/aromatic N) is 2. The molecule has 0 spiro atoms. The molecule has 0 fully saturated rings. The second-order valence-corrected chi connectivity index (χ2v) is 6.50. The highest BCUT2D eigenvalue weighted by atomic mass is 35.5. The maximum atomic E-state index is 12.9. The Hall–Kier alpha value is -3.15. The number of pyridine rings is 1. The third kappa shape index (κ3) is 3.30. The molecule has 0 bridgehead atoms. The number of imidazole rings is 1. The van der Waals surface area contributed by atoms with Crippen molar-refractivity contribution in [3.63, 3.8) is 0 Å². The molecule has 2 aromatic carbocycles. The van der Waals surface area contributed by atoms with Crippen LogP contribution in [-0.4, -0.2) is 15.3 Å². The lowest BCUT2D eigenvalue weighted by Crippen LogP contribution is -2.15. The smallest absolute Gasteiger partial charge is 0.274 e. The third-order valence-corrected chi connectivity index (χ3v) is 4.72. The third-order valence-electron chi connectivity index (χ3n) is 4.40. The molecule has 0 atom stereocenters. The number of hydrogen-bond acceptors (Lipinski definition) is 3. The molecule has 0 unspecified atom stereocenters. The molecule has 2 aromatic heterocycles. The summed E-state index contributed by atoms with van der Waals surface area (Å²) in [4.78, 5) is 17.1. The van der Waals surface area contributed by atoms with Crippen molar-refractivity contribution < 1.29 is 4.79 Å². The van der Waals surface area contributed by atoms with Gasteiger partial charge in [0.25, 0.3) is 5.91 Å². The average molecular weight is 377 g/mol. The highest BCUT2D eigenvalue weighted by Crippen LogP contribution is 2.34. The molecule has 0 aliphatic rings. The van der Waals surface area contributed by atoms with Gasteiger partial charge in [0.1, 0.15) is 11.3 Å². The number of hydrogen-bond donors (Lipinski definition) is 2. The van der Waals surface area contributed by atoms with Gasteiger partial charge in [-0.05, 0) is 29.3 Å². The number of halogens is 1. The molecule has 0 saturated heterocycles. The van der Waals surface area contributed by atoms with E-state index in [0.717, 1.165) is 16.7 Å². The van der Waals surface area contributed by atoms with Gasteiger partial charge in [-0.1, -0.05) is 54.1 Å². The van der Waals surface area contributed by atoms with Crippen molar-refractivity contribution in [3.05, 3.63) is 89.3 Å².